The Labute approximate surface area is 99.6 Å². The van der Waals surface area contributed by atoms with Gasteiger partial charge in [-0.3, -0.25) is 0 Å². The predicted molar refractivity (Wildman–Crippen MR) is 60.5 cm³/mol. The van der Waals surface area contributed by atoms with Crippen molar-refractivity contribution in [2.24, 2.45) is 5.73 Å². The van der Waals surface area contributed by atoms with Crippen LogP contribution in [0.15, 0.2) is 4.42 Å². The number of nitrogens with two attached hydrogens (primary N) is 1. The molecule has 3 unspecified atom stereocenters. The summed E-state index contributed by atoms with van der Waals surface area (Å²) in [4.78, 5) is 1.91. The standard InChI is InChI=1S/C10H18N4O3/c1-6-3-14(4-8(5-15)16-6)10-13-12-9(17-10)7(2)11/h6-8,15H,3-5,11H2,1-2H3. The van der Waals surface area contributed by atoms with Gasteiger partial charge in [0.05, 0.1) is 31.4 Å². The van der Waals surface area contributed by atoms with Gasteiger partial charge in [0.15, 0.2) is 0 Å². The Bertz CT molecular complexity index is 368. The molecular formula is C10H18N4O3. The number of aliphatic hydroxyl groups excluding tert-OH is 1. The summed E-state index contributed by atoms with van der Waals surface area (Å²) in [7, 11) is 0. The van der Waals surface area contributed by atoms with Crippen LogP contribution in [0, 0.1) is 0 Å². The molecule has 2 heterocycles. The molecule has 96 valence electrons. The van der Waals surface area contributed by atoms with Gasteiger partial charge < -0.3 is 24.9 Å². The predicted octanol–water partition coefficient (Wildman–Crippen LogP) is -0.325. The highest BCUT2D eigenvalue weighted by molar-refractivity contribution is 5.26. The Morgan fingerprint density at radius 3 is 2.88 bits per heavy atom. The monoisotopic (exact) mass is 242 g/mol. The summed E-state index contributed by atoms with van der Waals surface area (Å²) < 4.78 is 11.0. The summed E-state index contributed by atoms with van der Waals surface area (Å²) in [6.07, 6.45) is -0.198. The van der Waals surface area contributed by atoms with Gasteiger partial charge in [0.2, 0.25) is 5.89 Å². The van der Waals surface area contributed by atoms with Gasteiger partial charge in [0.25, 0.3) is 0 Å². The molecule has 0 bridgehead atoms. The largest absolute Gasteiger partial charge is 0.406 e. The Morgan fingerprint density at radius 2 is 2.29 bits per heavy atom. The molecule has 1 aromatic heterocycles. The summed E-state index contributed by atoms with van der Waals surface area (Å²) in [5.41, 5.74) is 5.66. The van der Waals surface area contributed by atoms with E-state index in [0.717, 1.165) is 0 Å². The number of hydrogen-bond donors (Lipinski definition) is 2. The van der Waals surface area contributed by atoms with Crippen LogP contribution in [-0.2, 0) is 4.74 Å². The Hall–Kier alpha value is -1.18. The highest BCUT2D eigenvalue weighted by Crippen LogP contribution is 2.20. The van der Waals surface area contributed by atoms with Gasteiger partial charge in [0, 0.05) is 6.54 Å². The van der Waals surface area contributed by atoms with E-state index in [-0.39, 0.29) is 24.9 Å². The van der Waals surface area contributed by atoms with E-state index in [4.69, 9.17) is 20.0 Å². The van der Waals surface area contributed by atoms with Gasteiger partial charge in [-0.25, -0.2) is 0 Å². The second kappa shape index (κ2) is 4.99. The van der Waals surface area contributed by atoms with Gasteiger partial charge in [-0.05, 0) is 13.8 Å². The Kier molecular flexibility index (Phi) is 3.60. The molecule has 0 spiro atoms. The van der Waals surface area contributed by atoms with E-state index in [0.29, 0.717) is 25.0 Å². The summed E-state index contributed by atoms with van der Waals surface area (Å²) in [6, 6.07) is 0.161. The van der Waals surface area contributed by atoms with Crippen LogP contribution in [0.2, 0.25) is 0 Å². The minimum Gasteiger partial charge on any atom is -0.406 e. The number of rotatable bonds is 3. The average molecular weight is 242 g/mol. The first-order valence-electron chi connectivity index (χ1n) is 5.70. The molecule has 0 amide bonds. The fourth-order valence-corrected chi connectivity index (χ4v) is 1.84. The highest BCUT2D eigenvalue weighted by atomic mass is 16.5. The molecule has 3 N–H and O–H groups in total. The van der Waals surface area contributed by atoms with Crippen LogP contribution < -0.4 is 10.6 Å². The number of aliphatic hydroxyl groups is 1. The van der Waals surface area contributed by atoms with Crippen LogP contribution in [0.4, 0.5) is 6.01 Å². The molecule has 0 aliphatic carbocycles. The number of ether oxygens (including phenoxy) is 1. The molecule has 3 atom stereocenters. The topological polar surface area (TPSA) is 97.6 Å². The van der Waals surface area contributed by atoms with Crippen molar-refractivity contribution in [1.82, 2.24) is 10.2 Å². The van der Waals surface area contributed by atoms with E-state index < -0.39 is 0 Å². The Morgan fingerprint density at radius 1 is 1.53 bits per heavy atom. The summed E-state index contributed by atoms with van der Waals surface area (Å²) in [5, 5.41) is 17.0. The first kappa shape index (κ1) is 12.3. The van der Waals surface area contributed by atoms with Crippen molar-refractivity contribution in [1.29, 1.82) is 0 Å². The maximum atomic E-state index is 9.13. The molecule has 0 saturated carbocycles. The third kappa shape index (κ3) is 2.74. The fraction of sp³-hybridized carbons (Fsp3) is 0.800. The minimum absolute atomic E-state index is 0.0187. The quantitative estimate of drug-likeness (QED) is 0.749. The minimum atomic E-state index is -0.275. The number of hydrogen-bond acceptors (Lipinski definition) is 7. The first-order chi connectivity index (χ1) is 8.10. The highest BCUT2D eigenvalue weighted by Gasteiger charge is 2.28. The van der Waals surface area contributed by atoms with Crippen LogP contribution in [-0.4, -0.2) is 47.2 Å². The zero-order valence-electron chi connectivity index (χ0n) is 10.0. The van der Waals surface area contributed by atoms with Crippen LogP contribution in [0.5, 0.6) is 0 Å². The number of aromatic nitrogens is 2. The molecule has 1 aliphatic heterocycles. The van der Waals surface area contributed by atoms with Gasteiger partial charge in [0.1, 0.15) is 0 Å². The van der Waals surface area contributed by atoms with E-state index in [9.17, 15) is 0 Å². The molecule has 0 aromatic carbocycles. The molecule has 1 aliphatic rings. The summed E-state index contributed by atoms with van der Waals surface area (Å²) in [6.45, 7) is 4.92. The van der Waals surface area contributed by atoms with E-state index in [1.807, 2.05) is 11.8 Å². The van der Waals surface area contributed by atoms with Crippen molar-refractivity contribution >= 4 is 6.01 Å². The lowest BCUT2D eigenvalue weighted by Gasteiger charge is -2.34. The molecule has 2 rings (SSSR count). The first-order valence-corrected chi connectivity index (χ1v) is 5.70. The number of anilines is 1. The van der Waals surface area contributed by atoms with Crippen LogP contribution >= 0.6 is 0 Å². The smallest absolute Gasteiger partial charge is 0.318 e. The number of morpholine rings is 1. The molecule has 7 nitrogen and oxygen atoms in total. The van der Waals surface area contributed by atoms with Crippen LogP contribution in [0.1, 0.15) is 25.8 Å². The van der Waals surface area contributed by atoms with Crippen molar-refractivity contribution in [3.05, 3.63) is 5.89 Å². The molecule has 0 radical (unpaired) electrons. The SMILES string of the molecule is CC1CN(c2nnc(C(C)N)o2)CC(CO)O1. The molecule has 1 saturated heterocycles. The van der Waals surface area contributed by atoms with E-state index >= 15 is 0 Å². The van der Waals surface area contributed by atoms with E-state index in [1.165, 1.54) is 0 Å². The molecule has 7 heteroatoms. The normalized spacial score (nSPS) is 27.2. The van der Waals surface area contributed by atoms with Crippen molar-refractivity contribution in [2.75, 3.05) is 24.6 Å². The maximum absolute atomic E-state index is 9.13. The van der Waals surface area contributed by atoms with Gasteiger partial charge in [-0.1, -0.05) is 5.10 Å². The third-order valence-corrected chi connectivity index (χ3v) is 2.62. The van der Waals surface area contributed by atoms with Crippen molar-refractivity contribution in [3.8, 4) is 0 Å². The van der Waals surface area contributed by atoms with Gasteiger partial charge >= 0.3 is 6.01 Å². The van der Waals surface area contributed by atoms with Gasteiger partial charge in [-0.2, -0.15) is 0 Å². The second-order valence-electron chi connectivity index (χ2n) is 4.37. The second-order valence-corrected chi connectivity index (χ2v) is 4.37. The Balaban J connectivity index is 2.09. The third-order valence-electron chi connectivity index (χ3n) is 2.62. The van der Waals surface area contributed by atoms with Crippen LogP contribution in [0.3, 0.4) is 0 Å². The lowest BCUT2D eigenvalue weighted by atomic mass is 10.2. The molecule has 17 heavy (non-hydrogen) atoms. The zero-order valence-corrected chi connectivity index (χ0v) is 10.0. The molecular weight excluding hydrogens is 224 g/mol. The van der Waals surface area contributed by atoms with Crippen LogP contribution in [0.25, 0.3) is 0 Å². The summed E-state index contributed by atoms with van der Waals surface area (Å²) in [5.74, 6) is 0.416. The van der Waals surface area contributed by atoms with Gasteiger partial charge in [-0.15, -0.1) is 5.10 Å². The lowest BCUT2D eigenvalue weighted by molar-refractivity contribution is -0.0433. The van der Waals surface area contributed by atoms with Crippen molar-refractivity contribution < 1.29 is 14.3 Å². The fourth-order valence-electron chi connectivity index (χ4n) is 1.84. The van der Waals surface area contributed by atoms with Crippen molar-refractivity contribution in [3.63, 3.8) is 0 Å². The van der Waals surface area contributed by atoms with Crippen molar-refractivity contribution in [2.45, 2.75) is 32.1 Å². The number of nitrogens with zero attached hydrogens (tertiary/aromatic N) is 3. The van der Waals surface area contributed by atoms with E-state index in [1.54, 1.807) is 6.92 Å². The molecule has 1 fully saturated rings. The maximum Gasteiger partial charge on any atom is 0.318 e. The lowest BCUT2D eigenvalue weighted by Crippen LogP contribution is -2.48. The molecule has 1 aromatic rings. The average Bonchev–Trinajstić information content (AvgIpc) is 2.77. The van der Waals surface area contributed by atoms with E-state index in [2.05, 4.69) is 10.2 Å². The summed E-state index contributed by atoms with van der Waals surface area (Å²) >= 11 is 0. The zero-order chi connectivity index (χ0) is 12.4.